The van der Waals surface area contributed by atoms with E-state index in [1.807, 2.05) is 13.0 Å². The maximum Gasteiger partial charge on any atom is 0.261 e. The van der Waals surface area contributed by atoms with Crippen molar-refractivity contribution in [2.45, 2.75) is 13.3 Å². The first-order valence-electron chi connectivity index (χ1n) is 8.05. The number of thiophene rings is 1. The van der Waals surface area contributed by atoms with E-state index in [1.165, 1.54) is 17.4 Å². The van der Waals surface area contributed by atoms with Gasteiger partial charge in [-0.25, -0.2) is 4.39 Å². The van der Waals surface area contributed by atoms with Gasteiger partial charge in [-0.1, -0.05) is 6.07 Å². The van der Waals surface area contributed by atoms with E-state index < -0.39 is 0 Å². The molecule has 1 aliphatic rings. The molecule has 4 nitrogen and oxygen atoms in total. The number of hydrogen-bond acceptors (Lipinski definition) is 4. The lowest BCUT2D eigenvalue weighted by Crippen LogP contribution is -2.44. The average Bonchev–Trinajstić information content (AvgIpc) is 2.91. The van der Waals surface area contributed by atoms with Gasteiger partial charge >= 0.3 is 0 Å². The fraction of sp³-hybridized carbons (Fsp3) is 0.471. The minimum Gasteiger partial charge on any atom is -0.351 e. The molecule has 0 atom stereocenters. The zero-order chi connectivity index (χ0) is 16.2. The predicted octanol–water partition coefficient (Wildman–Crippen LogP) is 2.80. The van der Waals surface area contributed by atoms with Gasteiger partial charge in [0.25, 0.3) is 5.91 Å². The molecular formula is C17H23ClFN3OS. The summed E-state index contributed by atoms with van der Waals surface area (Å²) in [7, 11) is 0. The van der Waals surface area contributed by atoms with Gasteiger partial charge in [0.1, 0.15) is 5.82 Å². The number of aryl methyl sites for hydroxylation is 1. The Balaban J connectivity index is 0.00000208. The molecule has 0 spiro atoms. The Morgan fingerprint density at radius 3 is 2.83 bits per heavy atom. The summed E-state index contributed by atoms with van der Waals surface area (Å²) < 4.78 is 14.7. The third kappa shape index (κ3) is 4.25. The van der Waals surface area contributed by atoms with Crippen LogP contribution in [-0.4, -0.2) is 50.1 Å². The predicted molar refractivity (Wildman–Crippen MR) is 100 cm³/mol. The maximum absolute atomic E-state index is 13.9. The number of rotatable bonds is 5. The average molecular weight is 372 g/mol. The van der Waals surface area contributed by atoms with Crippen LogP contribution in [0.1, 0.15) is 21.7 Å². The molecule has 2 N–H and O–H groups in total. The number of nitrogens with zero attached hydrogens (tertiary/aromatic N) is 1. The van der Waals surface area contributed by atoms with Crippen molar-refractivity contribution in [3.8, 4) is 0 Å². The molecule has 2 aromatic rings. The van der Waals surface area contributed by atoms with Crippen LogP contribution in [0.5, 0.6) is 0 Å². The van der Waals surface area contributed by atoms with Gasteiger partial charge in [0.05, 0.1) is 4.88 Å². The molecule has 132 valence electrons. The van der Waals surface area contributed by atoms with E-state index in [-0.39, 0.29) is 24.1 Å². The molecule has 1 amide bonds. The van der Waals surface area contributed by atoms with Crippen molar-refractivity contribution < 1.29 is 9.18 Å². The summed E-state index contributed by atoms with van der Waals surface area (Å²) in [6.45, 7) is 7.70. The number of hydrogen-bond donors (Lipinski definition) is 2. The monoisotopic (exact) mass is 371 g/mol. The van der Waals surface area contributed by atoms with Crippen LogP contribution in [0.3, 0.4) is 0 Å². The zero-order valence-corrected chi connectivity index (χ0v) is 15.4. The summed E-state index contributed by atoms with van der Waals surface area (Å²) in [5.41, 5.74) is 0.739. The largest absolute Gasteiger partial charge is 0.351 e. The van der Waals surface area contributed by atoms with Gasteiger partial charge in [0.15, 0.2) is 0 Å². The van der Waals surface area contributed by atoms with Crippen LogP contribution >= 0.6 is 23.7 Å². The number of amides is 1. The van der Waals surface area contributed by atoms with Crippen LogP contribution in [0.4, 0.5) is 4.39 Å². The third-order valence-corrected chi connectivity index (χ3v) is 5.51. The van der Waals surface area contributed by atoms with Crippen LogP contribution in [0.15, 0.2) is 18.2 Å². The number of carbonyl (C=O) groups is 1. The Morgan fingerprint density at radius 1 is 1.38 bits per heavy atom. The molecule has 0 radical (unpaired) electrons. The van der Waals surface area contributed by atoms with Crippen LogP contribution in [0, 0.1) is 12.7 Å². The van der Waals surface area contributed by atoms with E-state index in [4.69, 9.17) is 0 Å². The second-order valence-electron chi connectivity index (χ2n) is 5.87. The molecule has 1 aliphatic heterocycles. The van der Waals surface area contributed by atoms with Gasteiger partial charge in [-0.2, -0.15) is 0 Å². The first-order valence-corrected chi connectivity index (χ1v) is 8.87. The topological polar surface area (TPSA) is 44.4 Å². The van der Waals surface area contributed by atoms with Crippen molar-refractivity contribution in [1.82, 2.24) is 15.5 Å². The molecular weight excluding hydrogens is 349 g/mol. The maximum atomic E-state index is 13.9. The standard InChI is InChI=1S/C17H22FN3OS.ClH/c1-12-15-13(18)4-2-5-14(15)23-16(12)17(22)20-6-3-9-21-10-7-19-8-11-21;/h2,4-5,19H,3,6-11H2,1H3,(H,20,22);1H. The lowest BCUT2D eigenvalue weighted by atomic mass is 10.1. The smallest absolute Gasteiger partial charge is 0.261 e. The summed E-state index contributed by atoms with van der Waals surface area (Å²) in [6.07, 6.45) is 0.935. The highest BCUT2D eigenvalue weighted by molar-refractivity contribution is 7.21. The minimum atomic E-state index is -0.256. The quantitative estimate of drug-likeness (QED) is 0.794. The van der Waals surface area contributed by atoms with Crippen molar-refractivity contribution in [1.29, 1.82) is 0 Å². The van der Waals surface area contributed by atoms with Crippen LogP contribution < -0.4 is 10.6 Å². The van der Waals surface area contributed by atoms with Gasteiger partial charge in [0.2, 0.25) is 0 Å². The van der Waals surface area contributed by atoms with Crippen molar-refractivity contribution in [2.24, 2.45) is 0 Å². The number of benzene rings is 1. The van der Waals surface area contributed by atoms with E-state index >= 15 is 0 Å². The first-order chi connectivity index (χ1) is 11.2. The van der Waals surface area contributed by atoms with E-state index in [9.17, 15) is 9.18 Å². The van der Waals surface area contributed by atoms with E-state index in [2.05, 4.69) is 15.5 Å². The second kappa shape index (κ2) is 8.76. The van der Waals surface area contributed by atoms with Gasteiger partial charge < -0.3 is 15.5 Å². The molecule has 2 heterocycles. The molecule has 1 saturated heterocycles. The highest BCUT2D eigenvalue weighted by Crippen LogP contribution is 2.32. The van der Waals surface area contributed by atoms with Crippen LogP contribution in [0.2, 0.25) is 0 Å². The lowest BCUT2D eigenvalue weighted by molar-refractivity contribution is 0.0955. The number of halogens is 2. The Hall–Kier alpha value is -1.21. The number of fused-ring (bicyclic) bond motifs is 1. The number of carbonyl (C=O) groups excluding carboxylic acids is 1. The fourth-order valence-electron chi connectivity index (χ4n) is 2.99. The number of nitrogens with one attached hydrogen (secondary N) is 2. The van der Waals surface area contributed by atoms with Crippen molar-refractivity contribution in [2.75, 3.05) is 39.3 Å². The fourth-order valence-corrected chi connectivity index (χ4v) is 4.13. The Bertz CT molecular complexity index is 700. The SMILES string of the molecule is Cc1c(C(=O)NCCCN2CCNCC2)sc2cccc(F)c12.Cl. The Labute approximate surface area is 151 Å². The molecule has 3 rings (SSSR count). The van der Waals surface area contributed by atoms with E-state index in [0.29, 0.717) is 16.8 Å². The van der Waals surface area contributed by atoms with Crippen molar-refractivity contribution >= 4 is 39.7 Å². The number of piperazine rings is 1. The minimum absolute atomic E-state index is 0. The second-order valence-corrected chi connectivity index (χ2v) is 6.92. The molecule has 24 heavy (non-hydrogen) atoms. The molecule has 1 aromatic heterocycles. The van der Waals surface area contributed by atoms with E-state index in [0.717, 1.165) is 49.4 Å². The van der Waals surface area contributed by atoms with Gasteiger partial charge in [0, 0.05) is 42.8 Å². The molecule has 0 saturated carbocycles. The summed E-state index contributed by atoms with van der Waals surface area (Å²) in [5, 5.41) is 6.87. The zero-order valence-electron chi connectivity index (χ0n) is 13.7. The Kier molecular flexibility index (Phi) is 6.98. The van der Waals surface area contributed by atoms with Crippen LogP contribution in [0.25, 0.3) is 10.1 Å². The van der Waals surface area contributed by atoms with Gasteiger partial charge in [-0.3, -0.25) is 4.79 Å². The molecule has 0 unspecified atom stereocenters. The highest BCUT2D eigenvalue weighted by Gasteiger charge is 2.17. The summed E-state index contributed by atoms with van der Waals surface area (Å²) in [4.78, 5) is 15.4. The molecule has 1 fully saturated rings. The highest BCUT2D eigenvalue weighted by atomic mass is 35.5. The van der Waals surface area contributed by atoms with E-state index in [1.54, 1.807) is 6.07 Å². The van der Waals surface area contributed by atoms with Gasteiger partial charge in [-0.05, 0) is 37.6 Å². The molecule has 0 aliphatic carbocycles. The molecule has 0 bridgehead atoms. The normalized spacial score (nSPS) is 15.2. The van der Waals surface area contributed by atoms with Gasteiger partial charge in [-0.15, -0.1) is 23.7 Å². The summed E-state index contributed by atoms with van der Waals surface area (Å²) in [6, 6.07) is 4.98. The third-order valence-electron chi connectivity index (χ3n) is 4.26. The van der Waals surface area contributed by atoms with Crippen molar-refractivity contribution in [3.05, 3.63) is 34.5 Å². The summed E-state index contributed by atoms with van der Waals surface area (Å²) in [5.74, 6) is -0.350. The Morgan fingerprint density at radius 2 is 2.12 bits per heavy atom. The molecule has 1 aromatic carbocycles. The van der Waals surface area contributed by atoms with Crippen molar-refractivity contribution in [3.63, 3.8) is 0 Å². The lowest BCUT2D eigenvalue weighted by Gasteiger charge is -2.27. The first kappa shape index (κ1) is 19.1. The molecule has 7 heteroatoms. The summed E-state index contributed by atoms with van der Waals surface area (Å²) >= 11 is 1.36. The van der Waals surface area contributed by atoms with Crippen LogP contribution in [-0.2, 0) is 0 Å².